The van der Waals surface area contributed by atoms with Gasteiger partial charge in [0, 0.05) is 6.20 Å². The molecule has 3 aromatic rings. The minimum atomic E-state index is -0.452. The maximum atomic E-state index is 13.7. The van der Waals surface area contributed by atoms with Crippen LogP contribution in [-0.2, 0) is 6.54 Å². The smallest absolute Gasteiger partial charge is 0.265 e. The molecule has 23 heavy (non-hydrogen) atoms. The van der Waals surface area contributed by atoms with Crippen LogP contribution in [-0.4, -0.2) is 15.7 Å². The number of thiophene rings is 1. The SMILES string of the molecule is Cc1ccc(F)c(NC(=O)c2cc(Cn3cc(Cl)cn3)cs2)c1. The fourth-order valence-electron chi connectivity index (χ4n) is 2.11. The zero-order valence-electron chi connectivity index (χ0n) is 12.2. The van der Waals surface area contributed by atoms with E-state index in [0.717, 1.165) is 11.1 Å². The lowest BCUT2D eigenvalue weighted by atomic mass is 10.2. The molecule has 0 bridgehead atoms. The van der Waals surface area contributed by atoms with Crippen molar-refractivity contribution >= 4 is 34.5 Å². The number of aromatic nitrogens is 2. The van der Waals surface area contributed by atoms with Crippen LogP contribution in [0.2, 0.25) is 5.02 Å². The molecule has 118 valence electrons. The molecule has 3 rings (SSSR count). The molecule has 0 saturated heterocycles. The molecular formula is C16H13ClFN3OS. The van der Waals surface area contributed by atoms with Gasteiger partial charge >= 0.3 is 0 Å². The standard InChI is InChI=1S/C16H13ClFN3OS/c1-10-2-3-13(18)14(4-10)20-16(22)15-5-11(9-23-15)7-21-8-12(17)6-19-21/h2-6,8-9H,7H2,1H3,(H,20,22). The summed E-state index contributed by atoms with van der Waals surface area (Å²) in [6, 6.07) is 6.37. The summed E-state index contributed by atoms with van der Waals surface area (Å²) in [6.45, 7) is 2.36. The van der Waals surface area contributed by atoms with Gasteiger partial charge in [-0.05, 0) is 41.6 Å². The van der Waals surface area contributed by atoms with Gasteiger partial charge in [0.05, 0.1) is 28.3 Å². The molecule has 2 aromatic heterocycles. The molecule has 0 saturated carbocycles. The summed E-state index contributed by atoms with van der Waals surface area (Å²) in [4.78, 5) is 12.7. The van der Waals surface area contributed by atoms with Crippen LogP contribution in [0.4, 0.5) is 10.1 Å². The average molecular weight is 350 g/mol. The highest BCUT2D eigenvalue weighted by Gasteiger charge is 2.12. The molecule has 1 N–H and O–H groups in total. The Morgan fingerprint density at radius 2 is 2.26 bits per heavy atom. The minimum absolute atomic E-state index is 0.184. The number of nitrogens with one attached hydrogen (secondary N) is 1. The first kappa shape index (κ1) is 15.7. The van der Waals surface area contributed by atoms with Crippen molar-refractivity contribution in [2.24, 2.45) is 0 Å². The zero-order chi connectivity index (χ0) is 16.4. The van der Waals surface area contributed by atoms with Crippen molar-refractivity contribution in [3.63, 3.8) is 0 Å². The van der Waals surface area contributed by atoms with Crippen LogP contribution in [0.25, 0.3) is 0 Å². The highest BCUT2D eigenvalue weighted by Crippen LogP contribution is 2.20. The lowest BCUT2D eigenvalue weighted by molar-refractivity contribution is 0.103. The third-order valence-electron chi connectivity index (χ3n) is 3.19. The molecule has 0 spiro atoms. The second-order valence-electron chi connectivity index (χ2n) is 5.11. The number of anilines is 1. The molecule has 0 atom stereocenters. The van der Waals surface area contributed by atoms with Gasteiger partial charge in [0.25, 0.3) is 5.91 Å². The van der Waals surface area contributed by atoms with Crippen molar-refractivity contribution in [3.8, 4) is 0 Å². The van der Waals surface area contributed by atoms with Crippen LogP contribution in [0.5, 0.6) is 0 Å². The van der Waals surface area contributed by atoms with Gasteiger partial charge in [0.2, 0.25) is 0 Å². The lowest BCUT2D eigenvalue weighted by Crippen LogP contribution is -2.11. The number of hydrogen-bond donors (Lipinski definition) is 1. The van der Waals surface area contributed by atoms with Gasteiger partial charge in [0.15, 0.2) is 0 Å². The summed E-state index contributed by atoms with van der Waals surface area (Å²) in [5.41, 5.74) is 2.00. The molecule has 0 fully saturated rings. The van der Waals surface area contributed by atoms with Crippen LogP contribution in [0, 0.1) is 12.7 Å². The molecule has 0 aliphatic carbocycles. The van der Waals surface area contributed by atoms with Crippen molar-refractivity contribution in [2.45, 2.75) is 13.5 Å². The topological polar surface area (TPSA) is 46.9 Å². The number of benzene rings is 1. The van der Waals surface area contributed by atoms with Crippen LogP contribution >= 0.6 is 22.9 Å². The fraction of sp³-hybridized carbons (Fsp3) is 0.125. The van der Waals surface area contributed by atoms with E-state index in [2.05, 4.69) is 10.4 Å². The Kier molecular flexibility index (Phi) is 4.45. The van der Waals surface area contributed by atoms with Crippen LogP contribution in [0.1, 0.15) is 20.8 Å². The number of carbonyl (C=O) groups is 1. The minimum Gasteiger partial charge on any atom is -0.319 e. The van der Waals surface area contributed by atoms with Gasteiger partial charge in [-0.3, -0.25) is 9.48 Å². The second kappa shape index (κ2) is 6.52. The predicted molar refractivity (Wildman–Crippen MR) is 89.7 cm³/mol. The Bertz CT molecular complexity index is 859. The van der Waals surface area contributed by atoms with Gasteiger partial charge in [0.1, 0.15) is 5.82 Å². The van der Waals surface area contributed by atoms with E-state index < -0.39 is 5.82 Å². The lowest BCUT2D eigenvalue weighted by Gasteiger charge is -2.06. The van der Waals surface area contributed by atoms with Gasteiger partial charge in [-0.1, -0.05) is 17.7 Å². The highest BCUT2D eigenvalue weighted by molar-refractivity contribution is 7.12. The first-order valence-corrected chi connectivity index (χ1v) is 8.10. The number of aryl methyl sites for hydroxylation is 1. The number of nitrogens with zero attached hydrogens (tertiary/aromatic N) is 2. The van der Waals surface area contributed by atoms with Gasteiger partial charge in [-0.25, -0.2) is 4.39 Å². The summed E-state index contributed by atoms with van der Waals surface area (Å²) in [5, 5.41) is 9.13. The van der Waals surface area contributed by atoms with E-state index in [0.29, 0.717) is 16.4 Å². The average Bonchev–Trinajstić information content (AvgIpc) is 3.13. The van der Waals surface area contributed by atoms with Crippen LogP contribution in [0.15, 0.2) is 42.0 Å². The summed E-state index contributed by atoms with van der Waals surface area (Å²) in [7, 11) is 0. The molecule has 7 heteroatoms. The quantitative estimate of drug-likeness (QED) is 0.761. The van der Waals surface area contributed by atoms with Crippen molar-refractivity contribution in [1.82, 2.24) is 9.78 Å². The Balaban J connectivity index is 1.72. The highest BCUT2D eigenvalue weighted by atomic mass is 35.5. The van der Waals surface area contributed by atoms with Gasteiger partial charge < -0.3 is 5.32 Å². The van der Waals surface area contributed by atoms with E-state index in [4.69, 9.17) is 11.6 Å². The van der Waals surface area contributed by atoms with Gasteiger partial charge in [-0.2, -0.15) is 5.10 Å². The summed E-state index contributed by atoms with van der Waals surface area (Å²) in [5.74, 6) is -0.781. The maximum Gasteiger partial charge on any atom is 0.265 e. The van der Waals surface area contributed by atoms with E-state index in [1.54, 1.807) is 35.3 Å². The van der Waals surface area contributed by atoms with Crippen LogP contribution in [0.3, 0.4) is 0 Å². The van der Waals surface area contributed by atoms with E-state index in [-0.39, 0.29) is 11.6 Å². The van der Waals surface area contributed by atoms with Crippen LogP contribution < -0.4 is 5.32 Å². The molecule has 1 amide bonds. The Morgan fingerprint density at radius 1 is 1.43 bits per heavy atom. The summed E-state index contributed by atoms with van der Waals surface area (Å²) >= 11 is 7.12. The normalized spacial score (nSPS) is 10.7. The number of halogens is 2. The Labute approximate surface area is 141 Å². The molecule has 0 aliphatic rings. The molecule has 2 heterocycles. The van der Waals surface area contributed by atoms with Crippen molar-refractivity contribution in [3.05, 3.63) is 68.9 Å². The number of amides is 1. The molecular weight excluding hydrogens is 337 g/mol. The molecule has 0 aliphatic heterocycles. The monoisotopic (exact) mass is 349 g/mol. The van der Waals surface area contributed by atoms with Crippen molar-refractivity contribution in [2.75, 3.05) is 5.32 Å². The van der Waals surface area contributed by atoms with Crippen molar-refractivity contribution in [1.29, 1.82) is 0 Å². The summed E-state index contributed by atoms with van der Waals surface area (Å²) in [6.07, 6.45) is 3.27. The zero-order valence-corrected chi connectivity index (χ0v) is 13.8. The second-order valence-corrected chi connectivity index (χ2v) is 6.46. The molecule has 0 radical (unpaired) electrons. The number of hydrogen-bond acceptors (Lipinski definition) is 3. The third-order valence-corrected chi connectivity index (χ3v) is 4.37. The Hall–Kier alpha value is -2.18. The Morgan fingerprint density at radius 3 is 3.00 bits per heavy atom. The first-order valence-electron chi connectivity index (χ1n) is 6.84. The maximum absolute atomic E-state index is 13.7. The van der Waals surface area contributed by atoms with E-state index in [1.165, 1.54) is 17.4 Å². The molecule has 1 aromatic carbocycles. The summed E-state index contributed by atoms with van der Waals surface area (Å²) < 4.78 is 15.4. The molecule has 4 nitrogen and oxygen atoms in total. The largest absolute Gasteiger partial charge is 0.319 e. The van der Waals surface area contributed by atoms with Crippen molar-refractivity contribution < 1.29 is 9.18 Å². The first-order chi connectivity index (χ1) is 11.0. The number of carbonyl (C=O) groups excluding carboxylic acids is 1. The van der Waals surface area contributed by atoms with E-state index >= 15 is 0 Å². The predicted octanol–water partition coefficient (Wildman–Crippen LogP) is 4.35. The van der Waals surface area contributed by atoms with Gasteiger partial charge in [-0.15, -0.1) is 11.3 Å². The van der Waals surface area contributed by atoms with E-state index in [9.17, 15) is 9.18 Å². The third kappa shape index (κ3) is 3.78. The molecule has 0 unspecified atom stereocenters. The number of rotatable bonds is 4. The fourth-order valence-corrected chi connectivity index (χ4v) is 3.06. The van der Waals surface area contributed by atoms with E-state index in [1.807, 2.05) is 12.3 Å².